The number of hydrogen-bond donors (Lipinski definition) is 0. The van der Waals surface area contributed by atoms with Crippen LogP contribution in [0.2, 0.25) is 0 Å². The van der Waals surface area contributed by atoms with Crippen LogP contribution in [0.3, 0.4) is 0 Å². The molecule has 0 radical (unpaired) electrons. The zero-order valence-electron chi connectivity index (χ0n) is 15.3. The lowest BCUT2D eigenvalue weighted by molar-refractivity contribution is 0.0703. The van der Waals surface area contributed by atoms with Gasteiger partial charge < -0.3 is 0 Å². The van der Waals surface area contributed by atoms with Crippen molar-refractivity contribution in [3.63, 3.8) is 0 Å². The van der Waals surface area contributed by atoms with Gasteiger partial charge in [0.25, 0.3) is 0 Å². The van der Waals surface area contributed by atoms with Crippen molar-refractivity contribution in [3.05, 3.63) is 83.9 Å². The molecule has 3 unspecified atom stereocenters. The van der Waals surface area contributed by atoms with Gasteiger partial charge in [-0.1, -0.05) is 60.7 Å². The van der Waals surface area contributed by atoms with Crippen LogP contribution in [0.4, 0.5) is 0 Å². The lowest BCUT2D eigenvalue weighted by Gasteiger charge is -2.38. The van der Waals surface area contributed by atoms with E-state index in [9.17, 15) is 4.79 Å². The third-order valence-electron chi connectivity index (χ3n) is 7.23. The van der Waals surface area contributed by atoms with Gasteiger partial charge in [0, 0.05) is 11.0 Å². The molecule has 2 bridgehead atoms. The number of Topliss-reactive ketones (excluding diaryl/α,β-unsaturated/α-hetero) is 1. The van der Waals surface area contributed by atoms with Crippen molar-refractivity contribution in [2.45, 2.75) is 25.7 Å². The Bertz CT molecular complexity index is 1110. The Balaban J connectivity index is 1.51. The molecule has 132 valence electrons. The molecule has 1 spiro atoms. The molecule has 0 aromatic heterocycles. The number of benzene rings is 3. The normalized spacial score (nSPS) is 28.2. The van der Waals surface area contributed by atoms with Gasteiger partial charge in [0.15, 0.2) is 5.78 Å². The summed E-state index contributed by atoms with van der Waals surface area (Å²) in [5.41, 5.74) is 4.61. The molecule has 1 fully saturated rings. The summed E-state index contributed by atoms with van der Waals surface area (Å²) in [6.45, 7) is 0. The Kier molecular flexibility index (Phi) is 3.09. The number of ketones is 1. The van der Waals surface area contributed by atoms with E-state index in [4.69, 9.17) is 0 Å². The fourth-order valence-corrected chi connectivity index (χ4v) is 5.90. The lowest BCUT2D eigenvalue weighted by atomic mass is 9.63. The van der Waals surface area contributed by atoms with Crippen molar-refractivity contribution in [2.75, 3.05) is 0 Å². The molecular formula is C26H22O. The van der Waals surface area contributed by atoms with Gasteiger partial charge in [-0.3, -0.25) is 4.79 Å². The summed E-state index contributed by atoms with van der Waals surface area (Å²) in [7, 11) is 0. The van der Waals surface area contributed by atoms with Crippen LogP contribution in [-0.2, 0) is 6.42 Å². The first-order valence-electron chi connectivity index (χ1n) is 10.1. The van der Waals surface area contributed by atoms with Crippen molar-refractivity contribution in [1.29, 1.82) is 0 Å². The van der Waals surface area contributed by atoms with Gasteiger partial charge in [-0.25, -0.2) is 0 Å². The van der Waals surface area contributed by atoms with Gasteiger partial charge in [-0.05, 0) is 77.1 Å². The van der Waals surface area contributed by atoms with Gasteiger partial charge in [0.05, 0.1) is 0 Å². The lowest BCUT2D eigenvalue weighted by Crippen LogP contribution is -2.39. The summed E-state index contributed by atoms with van der Waals surface area (Å²) in [5, 5.41) is 2.44. The van der Waals surface area contributed by atoms with E-state index in [-0.39, 0.29) is 5.41 Å². The highest BCUT2D eigenvalue weighted by Gasteiger charge is 2.54. The summed E-state index contributed by atoms with van der Waals surface area (Å²) in [5.74, 6) is 1.51. The summed E-state index contributed by atoms with van der Waals surface area (Å²) in [4.78, 5) is 13.6. The topological polar surface area (TPSA) is 17.1 Å². The quantitative estimate of drug-likeness (QED) is 0.476. The molecule has 3 aromatic carbocycles. The molecule has 1 heteroatoms. The van der Waals surface area contributed by atoms with Crippen molar-refractivity contribution in [3.8, 4) is 11.1 Å². The second-order valence-electron chi connectivity index (χ2n) is 8.58. The van der Waals surface area contributed by atoms with Crippen LogP contribution in [0.25, 0.3) is 21.9 Å². The van der Waals surface area contributed by atoms with E-state index in [1.54, 1.807) is 0 Å². The summed E-state index contributed by atoms with van der Waals surface area (Å²) < 4.78 is 0. The Morgan fingerprint density at radius 2 is 1.78 bits per heavy atom. The smallest absolute Gasteiger partial charge is 0.169 e. The van der Waals surface area contributed by atoms with Crippen LogP contribution in [0, 0.1) is 17.3 Å². The van der Waals surface area contributed by atoms with Crippen LogP contribution in [0.15, 0.2) is 72.8 Å². The SMILES string of the molecule is O=C1c2cc3cccc(-c4ccccc4)c3cc2CCC12CC1C=CC2C1. The van der Waals surface area contributed by atoms with Crippen molar-refractivity contribution >= 4 is 16.6 Å². The third-order valence-corrected chi connectivity index (χ3v) is 7.23. The molecule has 1 nitrogen and oxygen atoms in total. The first-order chi connectivity index (χ1) is 13.2. The maximum Gasteiger partial charge on any atom is 0.169 e. The van der Waals surface area contributed by atoms with Crippen LogP contribution in [0.5, 0.6) is 0 Å². The summed E-state index contributed by atoms with van der Waals surface area (Å²) in [6.07, 6.45) is 8.96. The van der Waals surface area contributed by atoms with E-state index in [1.165, 1.54) is 33.9 Å². The molecule has 0 N–H and O–H groups in total. The van der Waals surface area contributed by atoms with Gasteiger partial charge >= 0.3 is 0 Å². The van der Waals surface area contributed by atoms with E-state index >= 15 is 0 Å². The van der Waals surface area contributed by atoms with Crippen LogP contribution < -0.4 is 0 Å². The van der Waals surface area contributed by atoms with E-state index < -0.39 is 0 Å². The first kappa shape index (κ1) is 15.4. The van der Waals surface area contributed by atoms with Crippen molar-refractivity contribution < 1.29 is 4.79 Å². The largest absolute Gasteiger partial charge is 0.294 e. The van der Waals surface area contributed by atoms with Crippen LogP contribution >= 0.6 is 0 Å². The second-order valence-corrected chi connectivity index (χ2v) is 8.58. The zero-order valence-corrected chi connectivity index (χ0v) is 15.3. The fraction of sp³-hybridized carbons (Fsp3) is 0.269. The molecule has 6 rings (SSSR count). The molecule has 1 saturated carbocycles. The van der Waals surface area contributed by atoms with E-state index in [1.807, 2.05) is 0 Å². The van der Waals surface area contributed by atoms with Crippen LogP contribution in [-0.4, -0.2) is 5.78 Å². The highest BCUT2D eigenvalue weighted by Crippen LogP contribution is 2.57. The standard InChI is InChI=1S/C26H22O/c27-25-24-15-19-7-4-8-22(18-5-2-1-3-6-18)23(19)14-20(24)11-12-26(25)16-17-9-10-21(26)13-17/h1-10,14-15,17,21H,11-13,16H2. The molecule has 0 aliphatic heterocycles. The fourth-order valence-electron chi connectivity index (χ4n) is 5.90. The molecule has 3 atom stereocenters. The number of fused-ring (bicyclic) bond motifs is 5. The van der Waals surface area contributed by atoms with Gasteiger partial charge in [0.1, 0.15) is 0 Å². The minimum atomic E-state index is -0.114. The molecular weight excluding hydrogens is 328 g/mol. The molecule has 27 heavy (non-hydrogen) atoms. The number of hydrogen-bond acceptors (Lipinski definition) is 1. The van der Waals surface area contributed by atoms with E-state index in [0.717, 1.165) is 24.8 Å². The number of carbonyl (C=O) groups excluding carboxylic acids is 1. The highest BCUT2D eigenvalue weighted by molar-refractivity contribution is 6.08. The molecule has 0 saturated heterocycles. The maximum atomic E-state index is 13.6. The first-order valence-corrected chi connectivity index (χ1v) is 10.1. The molecule has 3 aromatic rings. The number of allylic oxidation sites excluding steroid dienone is 2. The number of rotatable bonds is 1. The van der Waals surface area contributed by atoms with E-state index in [0.29, 0.717) is 17.6 Å². The molecule has 0 heterocycles. The Morgan fingerprint density at radius 3 is 2.56 bits per heavy atom. The monoisotopic (exact) mass is 350 g/mol. The summed E-state index contributed by atoms with van der Waals surface area (Å²) in [6, 6.07) is 21.5. The van der Waals surface area contributed by atoms with Gasteiger partial charge in [0.2, 0.25) is 0 Å². The number of aryl methyl sites for hydroxylation is 1. The predicted molar refractivity (Wildman–Crippen MR) is 110 cm³/mol. The van der Waals surface area contributed by atoms with E-state index in [2.05, 4.69) is 72.8 Å². The maximum absolute atomic E-state index is 13.6. The van der Waals surface area contributed by atoms with Crippen molar-refractivity contribution in [2.24, 2.45) is 17.3 Å². The molecule has 3 aliphatic rings. The summed E-state index contributed by atoms with van der Waals surface area (Å²) >= 11 is 0. The van der Waals surface area contributed by atoms with Crippen molar-refractivity contribution in [1.82, 2.24) is 0 Å². The predicted octanol–water partition coefficient (Wildman–Crippen LogP) is 6.22. The Labute approximate surface area is 159 Å². The minimum absolute atomic E-state index is 0.114. The average Bonchev–Trinajstić information content (AvgIpc) is 3.32. The molecule has 0 amide bonds. The van der Waals surface area contributed by atoms with Crippen LogP contribution in [0.1, 0.15) is 35.2 Å². The zero-order chi connectivity index (χ0) is 18.0. The van der Waals surface area contributed by atoms with Gasteiger partial charge in [-0.15, -0.1) is 0 Å². The highest BCUT2D eigenvalue weighted by atomic mass is 16.1. The molecule has 3 aliphatic carbocycles. The average molecular weight is 350 g/mol. The second kappa shape index (κ2) is 5.42. The minimum Gasteiger partial charge on any atom is -0.294 e. The van der Waals surface area contributed by atoms with Gasteiger partial charge in [-0.2, -0.15) is 0 Å². The Morgan fingerprint density at radius 1 is 0.889 bits per heavy atom. The number of carbonyl (C=O) groups is 1. The third kappa shape index (κ3) is 2.09. The Hall–Kier alpha value is -2.67.